The molecule has 1 aliphatic carbocycles. The molecule has 0 spiro atoms. The number of aliphatic hydroxyl groups is 1. The van der Waals surface area contributed by atoms with Crippen LogP contribution in [-0.2, 0) is 16.0 Å². The summed E-state index contributed by atoms with van der Waals surface area (Å²) in [4.78, 5) is 14.5. The Morgan fingerprint density at radius 1 is 1.20 bits per heavy atom. The maximum Gasteiger partial charge on any atom is 0.252 e. The molecule has 25 heavy (non-hydrogen) atoms. The molecule has 2 fully saturated rings. The first kappa shape index (κ1) is 18.4. The average Bonchev–Trinajstić information content (AvgIpc) is 3.44. The van der Waals surface area contributed by atoms with Crippen LogP contribution in [0.4, 0.5) is 0 Å². The van der Waals surface area contributed by atoms with Crippen LogP contribution in [0.1, 0.15) is 37.7 Å². The summed E-state index contributed by atoms with van der Waals surface area (Å²) in [5.41, 5.74) is 1.35. The normalized spacial score (nSPS) is 26.6. The Balaban J connectivity index is 1.38. The van der Waals surface area contributed by atoms with Crippen LogP contribution in [0.5, 0.6) is 0 Å². The number of aliphatic hydroxyl groups excluding tert-OH is 1. The lowest BCUT2D eigenvalue weighted by molar-refractivity contribution is -0.158. The quantitative estimate of drug-likeness (QED) is 0.753. The van der Waals surface area contributed by atoms with E-state index >= 15 is 0 Å². The molecule has 1 saturated heterocycles. The monoisotopic (exact) mass is 346 g/mol. The van der Waals surface area contributed by atoms with Crippen molar-refractivity contribution in [3.05, 3.63) is 35.9 Å². The fraction of sp³-hybridized carbons (Fsp3) is 0.650. The zero-order valence-corrected chi connectivity index (χ0v) is 15.1. The van der Waals surface area contributed by atoms with Crippen molar-refractivity contribution in [1.29, 1.82) is 0 Å². The minimum atomic E-state index is -0.700. The lowest BCUT2D eigenvalue weighted by atomic mass is 9.98. The Morgan fingerprint density at radius 2 is 1.96 bits per heavy atom. The molecule has 0 aromatic heterocycles. The van der Waals surface area contributed by atoms with E-state index in [1.54, 1.807) is 0 Å². The van der Waals surface area contributed by atoms with E-state index in [0.29, 0.717) is 12.5 Å². The molecule has 0 radical (unpaired) electrons. The van der Waals surface area contributed by atoms with Crippen molar-refractivity contribution in [3.63, 3.8) is 0 Å². The zero-order chi connectivity index (χ0) is 17.6. The maximum absolute atomic E-state index is 12.2. The molecule has 0 bridgehead atoms. The van der Waals surface area contributed by atoms with E-state index in [4.69, 9.17) is 4.74 Å². The van der Waals surface area contributed by atoms with Crippen LogP contribution in [0.3, 0.4) is 0 Å². The predicted molar refractivity (Wildman–Crippen MR) is 97.3 cm³/mol. The van der Waals surface area contributed by atoms with Gasteiger partial charge in [0.1, 0.15) is 0 Å². The summed E-state index contributed by atoms with van der Waals surface area (Å²) in [5.74, 6) is -0.142. The fourth-order valence-corrected chi connectivity index (χ4v) is 3.27. The van der Waals surface area contributed by atoms with Crippen molar-refractivity contribution in [1.82, 2.24) is 10.2 Å². The second kappa shape index (κ2) is 8.79. The molecule has 1 amide bonds. The first-order valence-electron chi connectivity index (χ1n) is 9.48. The highest BCUT2D eigenvalue weighted by Gasteiger charge is 2.37. The van der Waals surface area contributed by atoms with E-state index in [0.717, 1.165) is 45.2 Å². The van der Waals surface area contributed by atoms with E-state index in [1.165, 1.54) is 5.56 Å². The van der Waals surface area contributed by atoms with Crippen molar-refractivity contribution in [2.75, 3.05) is 20.1 Å². The topological polar surface area (TPSA) is 61.8 Å². The SMILES string of the molecule is CN(CCc1ccccc1)CC[C@@H]1CC[C@H](O)[C@@H](C(=O)NC2CC2)O1. The molecule has 3 rings (SSSR count). The van der Waals surface area contributed by atoms with Crippen LogP contribution >= 0.6 is 0 Å². The number of nitrogens with zero attached hydrogens (tertiary/aromatic N) is 1. The minimum absolute atomic E-state index is 0.0533. The lowest BCUT2D eigenvalue weighted by Gasteiger charge is -2.33. The van der Waals surface area contributed by atoms with Gasteiger partial charge in [0.05, 0.1) is 12.2 Å². The van der Waals surface area contributed by atoms with Gasteiger partial charge in [-0.25, -0.2) is 0 Å². The van der Waals surface area contributed by atoms with Gasteiger partial charge in [0.2, 0.25) is 0 Å². The third-order valence-corrected chi connectivity index (χ3v) is 5.11. The van der Waals surface area contributed by atoms with E-state index in [1.807, 2.05) is 6.07 Å². The van der Waals surface area contributed by atoms with Gasteiger partial charge >= 0.3 is 0 Å². The first-order chi connectivity index (χ1) is 12.1. The van der Waals surface area contributed by atoms with Gasteiger partial charge in [0.25, 0.3) is 5.91 Å². The summed E-state index contributed by atoms with van der Waals surface area (Å²) in [6.07, 6.45) is 4.16. The van der Waals surface area contributed by atoms with E-state index in [2.05, 4.69) is 41.5 Å². The van der Waals surface area contributed by atoms with Gasteiger partial charge in [-0.2, -0.15) is 0 Å². The molecule has 1 aromatic carbocycles. The summed E-state index contributed by atoms with van der Waals surface area (Å²) in [7, 11) is 2.12. The largest absolute Gasteiger partial charge is 0.390 e. The highest BCUT2D eigenvalue weighted by molar-refractivity contribution is 5.82. The number of carbonyl (C=O) groups excluding carboxylic acids is 1. The third-order valence-electron chi connectivity index (χ3n) is 5.11. The van der Waals surface area contributed by atoms with Crippen molar-refractivity contribution in [3.8, 4) is 0 Å². The third kappa shape index (κ3) is 5.80. The Morgan fingerprint density at radius 3 is 2.68 bits per heavy atom. The highest BCUT2D eigenvalue weighted by Crippen LogP contribution is 2.24. The van der Waals surface area contributed by atoms with Gasteiger partial charge in [-0.1, -0.05) is 30.3 Å². The summed E-state index contributed by atoms with van der Waals surface area (Å²) in [5, 5.41) is 13.0. The number of likely N-dealkylation sites (N-methyl/N-ethyl adjacent to an activating group) is 1. The Hall–Kier alpha value is -1.43. The van der Waals surface area contributed by atoms with Crippen molar-refractivity contribution in [2.45, 2.75) is 62.9 Å². The van der Waals surface area contributed by atoms with Crippen LogP contribution in [0.25, 0.3) is 0 Å². The molecule has 2 aliphatic rings. The maximum atomic E-state index is 12.2. The number of rotatable bonds is 8. The van der Waals surface area contributed by atoms with Gasteiger partial charge in [0, 0.05) is 19.1 Å². The van der Waals surface area contributed by atoms with Gasteiger partial charge < -0.3 is 20.1 Å². The standard InChI is InChI=1S/C20H30N2O3/c1-22(13-11-15-5-3-2-4-6-15)14-12-17-9-10-18(23)19(25-17)20(24)21-16-7-8-16/h2-6,16-19,23H,7-14H2,1H3,(H,21,24)/t17-,18-,19-/m0/s1. The number of hydrogen-bond acceptors (Lipinski definition) is 4. The number of carbonyl (C=O) groups is 1. The van der Waals surface area contributed by atoms with E-state index < -0.39 is 12.2 Å². The second-order valence-corrected chi connectivity index (χ2v) is 7.43. The predicted octanol–water partition coefficient (Wildman–Crippen LogP) is 1.74. The summed E-state index contributed by atoms with van der Waals surface area (Å²) in [6, 6.07) is 10.8. The molecular weight excluding hydrogens is 316 g/mol. The second-order valence-electron chi connectivity index (χ2n) is 7.43. The fourth-order valence-electron chi connectivity index (χ4n) is 3.27. The van der Waals surface area contributed by atoms with Gasteiger partial charge in [0.15, 0.2) is 6.10 Å². The lowest BCUT2D eigenvalue weighted by Crippen LogP contribution is -2.49. The first-order valence-corrected chi connectivity index (χ1v) is 9.48. The van der Waals surface area contributed by atoms with Crippen LogP contribution in [0.15, 0.2) is 30.3 Å². The van der Waals surface area contributed by atoms with Crippen LogP contribution in [0, 0.1) is 0 Å². The Kier molecular flexibility index (Phi) is 6.45. The van der Waals surface area contributed by atoms with Gasteiger partial charge in [-0.3, -0.25) is 4.79 Å². The van der Waals surface area contributed by atoms with Gasteiger partial charge in [-0.05, 0) is 51.1 Å². The van der Waals surface area contributed by atoms with Crippen molar-refractivity contribution < 1.29 is 14.6 Å². The Labute approximate surface area is 150 Å². The molecule has 1 aromatic rings. The van der Waals surface area contributed by atoms with Crippen molar-refractivity contribution in [2.24, 2.45) is 0 Å². The molecular formula is C20H30N2O3. The molecule has 5 heteroatoms. The van der Waals surface area contributed by atoms with Gasteiger partial charge in [-0.15, -0.1) is 0 Å². The van der Waals surface area contributed by atoms with E-state index in [9.17, 15) is 9.90 Å². The number of ether oxygens (including phenoxy) is 1. The smallest absolute Gasteiger partial charge is 0.252 e. The van der Waals surface area contributed by atoms with Crippen molar-refractivity contribution >= 4 is 5.91 Å². The molecule has 5 nitrogen and oxygen atoms in total. The Bertz CT molecular complexity index is 547. The molecule has 138 valence electrons. The molecule has 1 saturated carbocycles. The summed E-state index contributed by atoms with van der Waals surface area (Å²) >= 11 is 0. The zero-order valence-electron chi connectivity index (χ0n) is 15.1. The molecule has 3 atom stereocenters. The van der Waals surface area contributed by atoms with Crippen LogP contribution < -0.4 is 5.32 Å². The molecule has 0 unspecified atom stereocenters. The number of amides is 1. The highest BCUT2D eigenvalue weighted by atomic mass is 16.5. The average molecular weight is 346 g/mol. The molecule has 2 N–H and O–H groups in total. The minimum Gasteiger partial charge on any atom is -0.390 e. The number of hydrogen-bond donors (Lipinski definition) is 2. The number of nitrogens with one attached hydrogen (secondary N) is 1. The number of benzene rings is 1. The van der Waals surface area contributed by atoms with E-state index in [-0.39, 0.29) is 12.0 Å². The molecule has 1 heterocycles. The molecule has 1 aliphatic heterocycles. The van der Waals surface area contributed by atoms with Crippen LogP contribution in [-0.4, -0.2) is 60.4 Å². The summed E-state index contributed by atoms with van der Waals surface area (Å²) in [6.45, 7) is 1.94. The summed E-state index contributed by atoms with van der Waals surface area (Å²) < 4.78 is 5.91. The van der Waals surface area contributed by atoms with Crippen LogP contribution in [0.2, 0.25) is 0 Å².